The van der Waals surface area contributed by atoms with E-state index in [0.29, 0.717) is 6.61 Å². The van der Waals surface area contributed by atoms with Gasteiger partial charge >= 0.3 is 0 Å². The Morgan fingerprint density at radius 1 is 0.950 bits per heavy atom. The summed E-state index contributed by atoms with van der Waals surface area (Å²) in [6.45, 7) is 2.69. The van der Waals surface area contributed by atoms with Crippen molar-refractivity contribution in [2.45, 2.75) is 20.0 Å². The molecule has 2 heteroatoms. The lowest BCUT2D eigenvalue weighted by molar-refractivity contribution is 0.307. The molecule has 100 valence electrons. The Labute approximate surface area is 119 Å². The molecule has 0 fully saturated rings. The molecule has 0 atom stereocenters. The molecule has 0 amide bonds. The fraction of sp³-hybridized carbons (Fsp3) is 0.167. The third-order valence-electron chi connectivity index (χ3n) is 3.35. The molecule has 0 aliphatic rings. The van der Waals surface area contributed by atoms with Crippen molar-refractivity contribution in [1.82, 2.24) is 4.98 Å². The van der Waals surface area contributed by atoms with E-state index in [-0.39, 0.29) is 0 Å². The number of benzene rings is 2. The first-order valence-corrected chi connectivity index (χ1v) is 6.92. The molecular formula is C18H17NO. The van der Waals surface area contributed by atoms with E-state index in [0.717, 1.165) is 23.4 Å². The highest BCUT2D eigenvalue weighted by Gasteiger charge is 2.05. The van der Waals surface area contributed by atoms with Crippen LogP contribution in [0.15, 0.2) is 60.7 Å². The molecule has 20 heavy (non-hydrogen) atoms. The summed E-state index contributed by atoms with van der Waals surface area (Å²) in [4.78, 5) is 4.65. The standard InChI is InChI=1S/C18H17NO/c1-2-15-12-14(13-20-16-8-4-3-5-9-16)17-10-6-7-11-18(17)19-15/h3-12H,2,13H2,1H3. The number of hydrogen-bond donors (Lipinski definition) is 0. The smallest absolute Gasteiger partial charge is 0.119 e. The van der Waals surface area contributed by atoms with Crippen molar-refractivity contribution in [3.05, 3.63) is 71.9 Å². The molecule has 0 aliphatic carbocycles. The van der Waals surface area contributed by atoms with Gasteiger partial charge in [-0.25, -0.2) is 0 Å². The minimum atomic E-state index is 0.569. The minimum absolute atomic E-state index is 0.569. The van der Waals surface area contributed by atoms with Crippen LogP contribution in [0.3, 0.4) is 0 Å². The summed E-state index contributed by atoms with van der Waals surface area (Å²) in [6, 6.07) is 20.3. The van der Waals surface area contributed by atoms with E-state index in [1.807, 2.05) is 42.5 Å². The van der Waals surface area contributed by atoms with Crippen LogP contribution < -0.4 is 4.74 Å². The molecule has 0 unspecified atom stereocenters. The summed E-state index contributed by atoms with van der Waals surface area (Å²) in [5.41, 5.74) is 3.34. The number of para-hydroxylation sites is 2. The normalized spacial score (nSPS) is 10.7. The van der Waals surface area contributed by atoms with Gasteiger partial charge in [0.25, 0.3) is 0 Å². The SMILES string of the molecule is CCc1cc(COc2ccccc2)c2ccccc2n1. The van der Waals surface area contributed by atoms with Gasteiger partial charge in [0.2, 0.25) is 0 Å². The van der Waals surface area contributed by atoms with E-state index >= 15 is 0 Å². The summed E-state index contributed by atoms with van der Waals surface area (Å²) in [7, 11) is 0. The Morgan fingerprint density at radius 3 is 2.50 bits per heavy atom. The highest BCUT2D eigenvalue weighted by Crippen LogP contribution is 2.20. The maximum Gasteiger partial charge on any atom is 0.119 e. The molecule has 3 rings (SSSR count). The second-order valence-corrected chi connectivity index (χ2v) is 4.75. The van der Waals surface area contributed by atoms with Crippen molar-refractivity contribution < 1.29 is 4.74 Å². The quantitative estimate of drug-likeness (QED) is 0.697. The molecule has 0 N–H and O–H groups in total. The van der Waals surface area contributed by atoms with Crippen LogP contribution in [0.4, 0.5) is 0 Å². The summed E-state index contributed by atoms with van der Waals surface area (Å²) in [5, 5.41) is 1.17. The molecule has 0 radical (unpaired) electrons. The minimum Gasteiger partial charge on any atom is -0.489 e. The van der Waals surface area contributed by atoms with Crippen molar-refractivity contribution in [2.24, 2.45) is 0 Å². The van der Waals surface area contributed by atoms with Gasteiger partial charge in [0.05, 0.1) is 5.52 Å². The lowest BCUT2D eigenvalue weighted by atomic mass is 10.1. The van der Waals surface area contributed by atoms with Crippen LogP contribution in [-0.2, 0) is 13.0 Å². The summed E-state index contributed by atoms with van der Waals surface area (Å²) in [6.07, 6.45) is 0.934. The molecular weight excluding hydrogens is 246 g/mol. The average Bonchev–Trinajstić information content (AvgIpc) is 2.53. The lowest BCUT2D eigenvalue weighted by Gasteiger charge is -2.10. The highest BCUT2D eigenvalue weighted by molar-refractivity contribution is 5.82. The Morgan fingerprint density at radius 2 is 1.70 bits per heavy atom. The Bertz CT molecular complexity index is 707. The van der Waals surface area contributed by atoms with E-state index in [1.54, 1.807) is 0 Å². The number of ether oxygens (including phenoxy) is 1. The zero-order valence-corrected chi connectivity index (χ0v) is 11.5. The molecule has 3 aromatic rings. The fourth-order valence-corrected chi connectivity index (χ4v) is 2.29. The van der Waals surface area contributed by atoms with Gasteiger partial charge in [-0.2, -0.15) is 0 Å². The third-order valence-corrected chi connectivity index (χ3v) is 3.35. The van der Waals surface area contributed by atoms with Gasteiger partial charge in [0, 0.05) is 16.6 Å². The fourth-order valence-electron chi connectivity index (χ4n) is 2.29. The molecule has 0 bridgehead atoms. The Hall–Kier alpha value is -2.35. The second-order valence-electron chi connectivity index (χ2n) is 4.75. The second kappa shape index (κ2) is 5.74. The monoisotopic (exact) mass is 263 g/mol. The van der Waals surface area contributed by atoms with Gasteiger partial charge < -0.3 is 4.74 Å². The van der Waals surface area contributed by atoms with Crippen molar-refractivity contribution in [2.75, 3.05) is 0 Å². The molecule has 0 saturated heterocycles. The molecule has 0 spiro atoms. The van der Waals surface area contributed by atoms with Gasteiger partial charge in [-0.05, 0) is 30.7 Å². The first kappa shape index (κ1) is 12.7. The van der Waals surface area contributed by atoms with Gasteiger partial charge in [-0.15, -0.1) is 0 Å². The number of fused-ring (bicyclic) bond motifs is 1. The van der Waals surface area contributed by atoms with Crippen LogP contribution in [-0.4, -0.2) is 4.98 Å². The summed E-state index contributed by atoms with van der Waals surface area (Å²) in [5.74, 6) is 0.895. The van der Waals surface area contributed by atoms with Crippen LogP contribution in [0, 0.1) is 0 Å². The van der Waals surface area contributed by atoms with Crippen LogP contribution >= 0.6 is 0 Å². The van der Waals surface area contributed by atoms with Crippen molar-refractivity contribution >= 4 is 10.9 Å². The van der Waals surface area contributed by atoms with E-state index in [9.17, 15) is 0 Å². The van der Waals surface area contributed by atoms with Crippen LogP contribution in [0.2, 0.25) is 0 Å². The first-order chi connectivity index (χ1) is 9.86. The van der Waals surface area contributed by atoms with E-state index in [4.69, 9.17) is 4.74 Å². The summed E-state index contributed by atoms with van der Waals surface area (Å²) >= 11 is 0. The van der Waals surface area contributed by atoms with Crippen molar-refractivity contribution in [1.29, 1.82) is 0 Å². The maximum atomic E-state index is 5.87. The Kier molecular flexibility index (Phi) is 3.64. The predicted molar refractivity (Wildman–Crippen MR) is 81.9 cm³/mol. The van der Waals surface area contributed by atoms with E-state index in [1.165, 1.54) is 10.9 Å². The number of rotatable bonds is 4. The summed E-state index contributed by atoms with van der Waals surface area (Å²) < 4.78 is 5.87. The van der Waals surface area contributed by atoms with Gasteiger partial charge in [0.1, 0.15) is 12.4 Å². The average molecular weight is 263 g/mol. The number of pyridine rings is 1. The predicted octanol–water partition coefficient (Wildman–Crippen LogP) is 4.38. The van der Waals surface area contributed by atoms with Crippen LogP contribution in [0.5, 0.6) is 5.75 Å². The number of aromatic nitrogens is 1. The number of nitrogens with zero attached hydrogens (tertiary/aromatic N) is 1. The maximum absolute atomic E-state index is 5.87. The lowest BCUT2D eigenvalue weighted by Crippen LogP contribution is -1.99. The van der Waals surface area contributed by atoms with Crippen LogP contribution in [0.25, 0.3) is 10.9 Å². The van der Waals surface area contributed by atoms with Crippen molar-refractivity contribution in [3.63, 3.8) is 0 Å². The first-order valence-electron chi connectivity index (χ1n) is 6.92. The third kappa shape index (κ3) is 2.64. The largest absolute Gasteiger partial charge is 0.489 e. The zero-order valence-electron chi connectivity index (χ0n) is 11.5. The van der Waals surface area contributed by atoms with Gasteiger partial charge in [-0.3, -0.25) is 4.98 Å². The van der Waals surface area contributed by atoms with Gasteiger partial charge in [0.15, 0.2) is 0 Å². The Balaban J connectivity index is 1.93. The number of hydrogen-bond acceptors (Lipinski definition) is 2. The van der Waals surface area contributed by atoms with Crippen molar-refractivity contribution in [3.8, 4) is 5.75 Å². The van der Waals surface area contributed by atoms with Gasteiger partial charge in [-0.1, -0.05) is 43.3 Å². The zero-order chi connectivity index (χ0) is 13.8. The highest BCUT2D eigenvalue weighted by atomic mass is 16.5. The molecule has 2 nitrogen and oxygen atoms in total. The number of aryl methyl sites for hydroxylation is 1. The molecule has 2 aromatic carbocycles. The van der Waals surface area contributed by atoms with Crippen LogP contribution in [0.1, 0.15) is 18.2 Å². The van der Waals surface area contributed by atoms with E-state index < -0.39 is 0 Å². The van der Waals surface area contributed by atoms with E-state index in [2.05, 4.69) is 30.1 Å². The molecule has 1 aromatic heterocycles. The molecule has 0 saturated carbocycles. The topological polar surface area (TPSA) is 22.1 Å². The molecule has 1 heterocycles. The molecule has 0 aliphatic heterocycles.